The van der Waals surface area contributed by atoms with Gasteiger partial charge >= 0.3 is 0 Å². The first kappa shape index (κ1) is 16.6. The molecule has 1 aromatic carbocycles. The predicted octanol–water partition coefficient (Wildman–Crippen LogP) is 3.11. The number of hydrogen-bond donors (Lipinski definition) is 0. The number of halogens is 1. The first-order valence-electron chi connectivity index (χ1n) is 8.84. The average molecular weight is 356 g/mol. The van der Waals surface area contributed by atoms with Crippen LogP contribution in [0.3, 0.4) is 0 Å². The summed E-state index contributed by atoms with van der Waals surface area (Å²) < 4.78 is 0. The number of benzene rings is 1. The molecule has 1 aliphatic carbocycles. The van der Waals surface area contributed by atoms with Crippen molar-refractivity contribution in [2.24, 2.45) is 0 Å². The van der Waals surface area contributed by atoms with Gasteiger partial charge in [-0.2, -0.15) is 0 Å². The Balaban J connectivity index is 1.38. The van der Waals surface area contributed by atoms with Crippen LogP contribution < -0.4 is 0 Å². The second-order valence-electron chi connectivity index (χ2n) is 7.02. The minimum absolute atomic E-state index is 0.274. The summed E-state index contributed by atoms with van der Waals surface area (Å²) in [6, 6.07) is 11.9. The Morgan fingerprint density at radius 1 is 1.12 bits per heavy atom. The van der Waals surface area contributed by atoms with E-state index in [2.05, 4.69) is 16.0 Å². The van der Waals surface area contributed by atoms with Crippen LogP contribution in [0, 0.1) is 0 Å². The molecule has 130 valence electrons. The van der Waals surface area contributed by atoms with Crippen LogP contribution in [0.4, 0.5) is 0 Å². The maximum atomic E-state index is 13.1. The first-order chi connectivity index (χ1) is 12.2. The van der Waals surface area contributed by atoms with Gasteiger partial charge in [0, 0.05) is 50.1 Å². The molecule has 0 spiro atoms. The molecule has 0 radical (unpaired) electrons. The van der Waals surface area contributed by atoms with Gasteiger partial charge in [0.05, 0.1) is 5.41 Å². The van der Waals surface area contributed by atoms with Gasteiger partial charge in [0.1, 0.15) is 0 Å². The van der Waals surface area contributed by atoms with E-state index in [-0.39, 0.29) is 11.3 Å². The lowest BCUT2D eigenvalue weighted by molar-refractivity contribution is -0.135. The Bertz CT molecular complexity index is 753. The Labute approximate surface area is 153 Å². The summed E-state index contributed by atoms with van der Waals surface area (Å²) >= 11 is 6.13. The van der Waals surface area contributed by atoms with Crippen LogP contribution in [-0.4, -0.2) is 46.9 Å². The van der Waals surface area contributed by atoms with Gasteiger partial charge in [0.25, 0.3) is 0 Å². The molecule has 1 aliphatic heterocycles. The number of hydrogen-bond acceptors (Lipinski definition) is 3. The molecule has 4 rings (SSSR count). The van der Waals surface area contributed by atoms with Crippen LogP contribution in [0.2, 0.25) is 5.02 Å². The summed E-state index contributed by atoms with van der Waals surface area (Å²) in [5, 5.41) is 0.706. The van der Waals surface area contributed by atoms with Crippen molar-refractivity contribution in [1.29, 1.82) is 0 Å². The van der Waals surface area contributed by atoms with Crippen LogP contribution in [0.15, 0.2) is 48.8 Å². The molecule has 4 nitrogen and oxygen atoms in total. The fraction of sp³-hybridized carbons (Fsp3) is 0.400. The van der Waals surface area contributed by atoms with E-state index in [4.69, 9.17) is 11.6 Å². The summed E-state index contributed by atoms with van der Waals surface area (Å²) in [7, 11) is 0. The van der Waals surface area contributed by atoms with E-state index in [1.165, 1.54) is 5.56 Å². The summed E-state index contributed by atoms with van der Waals surface area (Å²) in [6.07, 6.45) is 5.57. The molecule has 5 heteroatoms. The van der Waals surface area contributed by atoms with Gasteiger partial charge in [-0.05, 0) is 42.2 Å². The van der Waals surface area contributed by atoms with Crippen molar-refractivity contribution >= 4 is 17.5 Å². The third-order valence-corrected chi connectivity index (χ3v) is 5.56. The molecule has 2 heterocycles. The average Bonchev–Trinajstić information content (AvgIpc) is 3.45. The van der Waals surface area contributed by atoms with Crippen LogP contribution in [-0.2, 0) is 16.8 Å². The highest BCUT2D eigenvalue weighted by Gasteiger charge is 2.53. The van der Waals surface area contributed by atoms with E-state index in [1.807, 2.05) is 41.4 Å². The van der Waals surface area contributed by atoms with Gasteiger partial charge in [0.15, 0.2) is 0 Å². The van der Waals surface area contributed by atoms with Crippen molar-refractivity contribution in [1.82, 2.24) is 14.8 Å². The van der Waals surface area contributed by atoms with Gasteiger partial charge in [-0.25, -0.2) is 0 Å². The molecular formula is C20H22ClN3O. The molecular weight excluding hydrogens is 334 g/mol. The highest BCUT2D eigenvalue weighted by molar-refractivity contribution is 6.30. The first-order valence-corrected chi connectivity index (χ1v) is 9.22. The lowest BCUT2D eigenvalue weighted by Gasteiger charge is -2.36. The zero-order valence-electron chi connectivity index (χ0n) is 14.2. The fourth-order valence-corrected chi connectivity index (χ4v) is 3.89. The van der Waals surface area contributed by atoms with Gasteiger partial charge in [-0.1, -0.05) is 29.8 Å². The van der Waals surface area contributed by atoms with Crippen LogP contribution in [0.25, 0.3) is 0 Å². The normalized spacial score (nSPS) is 19.6. The number of pyridine rings is 1. The van der Waals surface area contributed by atoms with Crippen LogP contribution >= 0.6 is 11.6 Å². The maximum absolute atomic E-state index is 13.1. The maximum Gasteiger partial charge on any atom is 0.233 e. The SMILES string of the molecule is O=C(N1CCN(Cc2cccnc2)CC1)C1(c2cccc(Cl)c2)CC1. The van der Waals surface area contributed by atoms with Crippen molar-refractivity contribution in [2.45, 2.75) is 24.8 Å². The summed E-state index contributed by atoms with van der Waals surface area (Å²) in [5.74, 6) is 0.274. The third-order valence-electron chi connectivity index (χ3n) is 5.33. The van der Waals surface area contributed by atoms with Gasteiger partial charge in [0.2, 0.25) is 5.91 Å². The lowest BCUT2D eigenvalue weighted by atomic mass is 9.94. The minimum Gasteiger partial charge on any atom is -0.339 e. The van der Waals surface area contributed by atoms with Crippen molar-refractivity contribution in [3.05, 3.63) is 64.9 Å². The molecule has 0 bridgehead atoms. The molecule has 2 aromatic rings. The number of piperazine rings is 1. The van der Waals surface area contributed by atoms with Crippen molar-refractivity contribution in [2.75, 3.05) is 26.2 Å². The minimum atomic E-state index is -0.323. The predicted molar refractivity (Wildman–Crippen MR) is 98.5 cm³/mol. The van der Waals surface area contributed by atoms with Crippen molar-refractivity contribution in [3.8, 4) is 0 Å². The number of amides is 1. The molecule has 2 fully saturated rings. The standard InChI is InChI=1S/C20H22ClN3O/c21-18-5-1-4-17(13-18)20(6-7-20)19(25)24-11-9-23(10-12-24)15-16-3-2-8-22-14-16/h1-5,8,13-14H,6-7,9-12,15H2. The molecule has 1 amide bonds. The smallest absolute Gasteiger partial charge is 0.233 e. The second-order valence-corrected chi connectivity index (χ2v) is 7.46. The quantitative estimate of drug-likeness (QED) is 0.845. The van der Waals surface area contributed by atoms with E-state index in [0.29, 0.717) is 5.02 Å². The number of rotatable bonds is 4. The monoisotopic (exact) mass is 355 g/mol. The largest absolute Gasteiger partial charge is 0.339 e. The van der Waals surface area contributed by atoms with Gasteiger partial charge in [-0.15, -0.1) is 0 Å². The number of aromatic nitrogens is 1. The summed E-state index contributed by atoms with van der Waals surface area (Å²) in [6.45, 7) is 4.30. The Hall–Kier alpha value is -1.91. The zero-order valence-corrected chi connectivity index (χ0v) is 15.0. The van der Waals surface area contributed by atoms with Gasteiger partial charge < -0.3 is 4.90 Å². The highest BCUT2D eigenvalue weighted by atomic mass is 35.5. The lowest BCUT2D eigenvalue weighted by Crippen LogP contribution is -2.51. The van der Waals surface area contributed by atoms with E-state index >= 15 is 0 Å². The van der Waals surface area contributed by atoms with E-state index < -0.39 is 0 Å². The number of nitrogens with zero attached hydrogens (tertiary/aromatic N) is 3. The summed E-state index contributed by atoms with van der Waals surface area (Å²) in [5.41, 5.74) is 1.97. The molecule has 0 N–H and O–H groups in total. The topological polar surface area (TPSA) is 36.4 Å². The fourth-order valence-electron chi connectivity index (χ4n) is 3.70. The van der Waals surface area contributed by atoms with Crippen molar-refractivity contribution in [3.63, 3.8) is 0 Å². The summed E-state index contributed by atoms with van der Waals surface area (Å²) in [4.78, 5) is 21.7. The van der Waals surface area contributed by atoms with Crippen LogP contribution in [0.1, 0.15) is 24.0 Å². The second kappa shape index (κ2) is 6.77. The molecule has 1 saturated carbocycles. The van der Waals surface area contributed by atoms with Crippen molar-refractivity contribution < 1.29 is 4.79 Å². The highest BCUT2D eigenvalue weighted by Crippen LogP contribution is 2.50. The molecule has 1 saturated heterocycles. The Morgan fingerprint density at radius 2 is 1.92 bits per heavy atom. The zero-order chi connectivity index (χ0) is 17.3. The van der Waals surface area contributed by atoms with E-state index in [1.54, 1.807) is 6.20 Å². The van der Waals surface area contributed by atoms with E-state index in [0.717, 1.165) is 51.1 Å². The molecule has 0 unspecified atom stereocenters. The molecule has 1 aromatic heterocycles. The van der Waals surface area contributed by atoms with Gasteiger partial charge in [-0.3, -0.25) is 14.7 Å². The molecule has 25 heavy (non-hydrogen) atoms. The Morgan fingerprint density at radius 3 is 2.56 bits per heavy atom. The third kappa shape index (κ3) is 3.42. The number of carbonyl (C=O) groups excluding carboxylic acids is 1. The molecule has 0 atom stereocenters. The number of carbonyl (C=O) groups is 1. The van der Waals surface area contributed by atoms with E-state index in [9.17, 15) is 4.79 Å². The van der Waals surface area contributed by atoms with Crippen LogP contribution in [0.5, 0.6) is 0 Å². The molecule has 2 aliphatic rings. The Kier molecular flexibility index (Phi) is 4.48.